The van der Waals surface area contributed by atoms with Crippen LogP contribution in [0, 0.1) is 0 Å². The highest BCUT2D eigenvalue weighted by atomic mass is 16.2. The van der Waals surface area contributed by atoms with Gasteiger partial charge in [0.15, 0.2) is 0 Å². The van der Waals surface area contributed by atoms with Gasteiger partial charge in [-0.05, 0) is 19.8 Å². The van der Waals surface area contributed by atoms with E-state index in [9.17, 15) is 9.59 Å². The van der Waals surface area contributed by atoms with Crippen LogP contribution in [0.25, 0.3) is 0 Å². The average Bonchev–Trinajstić information content (AvgIpc) is 2.58. The minimum absolute atomic E-state index is 0.00815. The highest BCUT2D eigenvalue weighted by Crippen LogP contribution is 2.16. The molecule has 5 heteroatoms. The van der Waals surface area contributed by atoms with Crippen LogP contribution < -0.4 is 16.0 Å². The van der Waals surface area contributed by atoms with Crippen LogP contribution in [-0.4, -0.2) is 37.5 Å². The van der Waals surface area contributed by atoms with E-state index in [1.807, 2.05) is 6.92 Å². The second kappa shape index (κ2) is 8.91. The molecule has 0 spiro atoms. The Labute approximate surface area is 109 Å². The van der Waals surface area contributed by atoms with Crippen LogP contribution in [-0.2, 0) is 9.59 Å². The van der Waals surface area contributed by atoms with E-state index in [1.165, 1.54) is 25.7 Å². The quantitative estimate of drug-likeness (QED) is 0.607. The van der Waals surface area contributed by atoms with Crippen molar-refractivity contribution in [2.75, 3.05) is 19.6 Å². The van der Waals surface area contributed by atoms with Gasteiger partial charge in [0.25, 0.3) is 0 Å². The summed E-state index contributed by atoms with van der Waals surface area (Å²) >= 11 is 0. The Balaban J connectivity index is 2.10. The number of carbonyl (C=O) groups excluding carboxylic acids is 2. The molecule has 0 aromatic carbocycles. The molecule has 0 radical (unpaired) electrons. The molecule has 0 aromatic rings. The number of hydrogen-bond donors (Lipinski definition) is 3. The first-order chi connectivity index (χ1) is 8.72. The Kier molecular flexibility index (Phi) is 7.41. The first-order valence-electron chi connectivity index (χ1n) is 6.99. The SMILES string of the molecule is CCNC(=O)CNCC(=O)NC1CCCCCC1. The number of likely N-dealkylation sites (N-methyl/N-ethyl adjacent to an activating group) is 1. The van der Waals surface area contributed by atoms with Crippen LogP contribution in [0.4, 0.5) is 0 Å². The fraction of sp³-hybridized carbons (Fsp3) is 0.846. The van der Waals surface area contributed by atoms with Crippen molar-refractivity contribution in [3.8, 4) is 0 Å². The third-order valence-electron chi connectivity index (χ3n) is 3.17. The molecule has 3 N–H and O–H groups in total. The summed E-state index contributed by atoms with van der Waals surface area (Å²) in [6, 6.07) is 0.325. The predicted molar refractivity (Wildman–Crippen MR) is 71.2 cm³/mol. The molecule has 1 aliphatic carbocycles. The molecule has 1 fully saturated rings. The Bertz CT molecular complexity index is 261. The largest absolute Gasteiger partial charge is 0.355 e. The molecular formula is C13H25N3O2. The smallest absolute Gasteiger partial charge is 0.234 e. The van der Waals surface area contributed by atoms with Gasteiger partial charge in [0.05, 0.1) is 13.1 Å². The molecule has 0 saturated heterocycles. The Hall–Kier alpha value is -1.10. The fourth-order valence-electron chi connectivity index (χ4n) is 2.25. The van der Waals surface area contributed by atoms with Crippen molar-refractivity contribution in [1.82, 2.24) is 16.0 Å². The van der Waals surface area contributed by atoms with Gasteiger partial charge in [0, 0.05) is 12.6 Å². The van der Waals surface area contributed by atoms with Crippen molar-refractivity contribution in [3.05, 3.63) is 0 Å². The van der Waals surface area contributed by atoms with Gasteiger partial charge in [0.1, 0.15) is 0 Å². The molecule has 0 aromatic heterocycles. The molecule has 0 unspecified atom stereocenters. The molecule has 104 valence electrons. The molecule has 1 rings (SSSR count). The minimum atomic E-state index is -0.0697. The van der Waals surface area contributed by atoms with Crippen LogP contribution in [0.1, 0.15) is 45.4 Å². The minimum Gasteiger partial charge on any atom is -0.355 e. The lowest BCUT2D eigenvalue weighted by atomic mass is 10.1. The van der Waals surface area contributed by atoms with E-state index in [1.54, 1.807) is 0 Å². The van der Waals surface area contributed by atoms with Crippen LogP contribution in [0.5, 0.6) is 0 Å². The summed E-state index contributed by atoms with van der Waals surface area (Å²) in [5.41, 5.74) is 0. The third kappa shape index (κ3) is 6.59. The first-order valence-corrected chi connectivity index (χ1v) is 6.99. The lowest BCUT2D eigenvalue weighted by Crippen LogP contribution is -2.42. The second-order valence-corrected chi connectivity index (χ2v) is 4.81. The van der Waals surface area contributed by atoms with Crippen molar-refractivity contribution in [2.45, 2.75) is 51.5 Å². The van der Waals surface area contributed by atoms with Crippen LogP contribution in [0.2, 0.25) is 0 Å². The highest BCUT2D eigenvalue weighted by Gasteiger charge is 2.14. The van der Waals surface area contributed by atoms with Gasteiger partial charge >= 0.3 is 0 Å². The van der Waals surface area contributed by atoms with Gasteiger partial charge in [-0.1, -0.05) is 25.7 Å². The Morgan fingerprint density at radius 1 is 1.00 bits per heavy atom. The van der Waals surface area contributed by atoms with Crippen molar-refractivity contribution in [3.63, 3.8) is 0 Å². The van der Waals surface area contributed by atoms with Gasteiger partial charge in [0.2, 0.25) is 11.8 Å². The standard InChI is InChI=1S/C13H25N3O2/c1-2-15-12(17)9-14-10-13(18)16-11-7-5-3-4-6-8-11/h11,14H,2-10H2,1H3,(H,15,17)(H,16,18). The molecule has 0 atom stereocenters. The van der Waals surface area contributed by atoms with E-state index >= 15 is 0 Å². The summed E-state index contributed by atoms with van der Waals surface area (Å²) < 4.78 is 0. The van der Waals surface area contributed by atoms with Gasteiger partial charge in [-0.25, -0.2) is 0 Å². The number of nitrogens with one attached hydrogen (secondary N) is 3. The lowest BCUT2D eigenvalue weighted by Gasteiger charge is -2.16. The van der Waals surface area contributed by atoms with Crippen molar-refractivity contribution in [2.24, 2.45) is 0 Å². The molecule has 18 heavy (non-hydrogen) atoms. The van der Waals surface area contributed by atoms with E-state index in [4.69, 9.17) is 0 Å². The van der Waals surface area contributed by atoms with Crippen LogP contribution in [0.3, 0.4) is 0 Å². The molecular weight excluding hydrogens is 230 g/mol. The van der Waals surface area contributed by atoms with Gasteiger partial charge in [-0.15, -0.1) is 0 Å². The summed E-state index contributed by atoms with van der Waals surface area (Å²) in [5, 5.41) is 8.56. The molecule has 0 bridgehead atoms. The van der Waals surface area contributed by atoms with E-state index in [0.29, 0.717) is 12.6 Å². The Morgan fingerprint density at radius 2 is 1.61 bits per heavy atom. The fourth-order valence-corrected chi connectivity index (χ4v) is 2.25. The normalized spacial score (nSPS) is 16.9. The summed E-state index contributed by atoms with van der Waals surface area (Å²) in [6.45, 7) is 2.91. The Morgan fingerprint density at radius 3 is 2.22 bits per heavy atom. The van der Waals surface area contributed by atoms with E-state index in [2.05, 4.69) is 16.0 Å². The molecule has 2 amide bonds. The average molecular weight is 255 g/mol. The number of rotatable bonds is 6. The topological polar surface area (TPSA) is 70.2 Å². The van der Waals surface area contributed by atoms with Gasteiger partial charge in [-0.2, -0.15) is 0 Å². The molecule has 1 aliphatic rings. The molecule has 5 nitrogen and oxygen atoms in total. The third-order valence-corrected chi connectivity index (χ3v) is 3.17. The summed E-state index contributed by atoms with van der Waals surface area (Å²) in [4.78, 5) is 22.8. The lowest BCUT2D eigenvalue weighted by molar-refractivity contribution is -0.121. The summed E-state index contributed by atoms with van der Waals surface area (Å²) in [6.07, 6.45) is 7.14. The maximum Gasteiger partial charge on any atom is 0.234 e. The number of carbonyl (C=O) groups is 2. The zero-order chi connectivity index (χ0) is 13.2. The second-order valence-electron chi connectivity index (χ2n) is 4.81. The summed E-state index contributed by atoms with van der Waals surface area (Å²) in [5.74, 6) is -0.0778. The summed E-state index contributed by atoms with van der Waals surface area (Å²) in [7, 11) is 0. The van der Waals surface area contributed by atoms with Crippen molar-refractivity contribution < 1.29 is 9.59 Å². The predicted octanol–water partition coefficient (Wildman–Crippen LogP) is 0.551. The molecule has 1 saturated carbocycles. The van der Waals surface area contributed by atoms with E-state index in [0.717, 1.165) is 12.8 Å². The maximum absolute atomic E-state index is 11.7. The first kappa shape index (κ1) is 15.0. The van der Waals surface area contributed by atoms with Crippen molar-refractivity contribution >= 4 is 11.8 Å². The molecule has 0 aliphatic heterocycles. The monoisotopic (exact) mass is 255 g/mol. The highest BCUT2D eigenvalue weighted by molar-refractivity contribution is 5.81. The van der Waals surface area contributed by atoms with Gasteiger partial charge < -0.3 is 10.6 Å². The van der Waals surface area contributed by atoms with E-state index in [-0.39, 0.29) is 24.9 Å². The molecule has 0 heterocycles. The van der Waals surface area contributed by atoms with Crippen molar-refractivity contribution in [1.29, 1.82) is 0 Å². The number of hydrogen-bond acceptors (Lipinski definition) is 3. The maximum atomic E-state index is 11.7. The van der Waals surface area contributed by atoms with Crippen LogP contribution >= 0.6 is 0 Å². The van der Waals surface area contributed by atoms with E-state index < -0.39 is 0 Å². The number of amides is 2. The van der Waals surface area contributed by atoms with Gasteiger partial charge in [-0.3, -0.25) is 14.9 Å². The zero-order valence-electron chi connectivity index (χ0n) is 11.3. The zero-order valence-corrected chi connectivity index (χ0v) is 11.3. The van der Waals surface area contributed by atoms with Crippen LogP contribution in [0.15, 0.2) is 0 Å².